The van der Waals surface area contributed by atoms with Gasteiger partial charge in [-0.15, -0.1) is 0 Å². The third-order valence-electron chi connectivity index (χ3n) is 5.85. The fourth-order valence-corrected chi connectivity index (χ4v) is 4.49. The number of pyridine rings is 1. The summed E-state index contributed by atoms with van der Waals surface area (Å²) < 4.78 is 0. The summed E-state index contributed by atoms with van der Waals surface area (Å²) in [6.07, 6.45) is 4.67. The van der Waals surface area contributed by atoms with Crippen molar-refractivity contribution in [3.8, 4) is 6.07 Å². The zero-order valence-electron chi connectivity index (χ0n) is 17.1. The lowest BCUT2D eigenvalue weighted by Crippen LogP contribution is -2.36. The van der Waals surface area contributed by atoms with Gasteiger partial charge >= 0.3 is 0 Å². The van der Waals surface area contributed by atoms with Gasteiger partial charge in [-0.1, -0.05) is 0 Å². The molecule has 6 heteroatoms. The summed E-state index contributed by atoms with van der Waals surface area (Å²) in [6, 6.07) is 6.53. The highest BCUT2D eigenvalue weighted by Gasteiger charge is 2.27. The number of nitrogens with zero attached hydrogens (tertiary/aromatic N) is 6. The van der Waals surface area contributed by atoms with Crippen LogP contribution in [0.3, 0.4) is 0 Å². The summed E-state index contributed by atoms with van der Waals surface area (Å²) in [5, 5.41) is 9.65. The van der Waals surface area contributed by atoms with Crippen LogP contribution in [0.2, 0.25) is 0 Å². The van der Waals surface area contributed by atoms with Gasteiger partial charge in [-0.3, -0.25) is 0 Å². The zero-order valence-corrected chi connectivity index (χ0v) is 17.1. The summed E-state index contributed by atoms with van der Waals surface area (Å²) >= 11 is 0. The van der Waals surface area contributed by atoms with Crippen molar-refractivity contribution in [3.63, 3.8) is 0 Å². The number of piperidine rings is 1. The molecule has 0 spiro atoms. The van der Waals surface area contributed by atoms with Crippen LogP contribution in [0.25, 0.3) is 0 Å². The van der Waals surface area contributed by atoms with Gasteiger partial charge in [0.2, 0.25) is 0 Å². The van der Waals surface area contributed by atoms with Gasteiger partial charge in [-0.2, -0.15) is 5.26 Å². The lowest BCUT2D eigenvalue weighted by atomic mass is 9.93. The first-order chi connectivity index (χ1) is 13.5. The molecule has 0 radical (unpaired) electrons. The number of aromatic nitrogens is 3. The second kappa shape index (κ2) is 7.75. The van der Waals surface area contributed by atoms with Crippen LogP contribution in [0.4, 0.5) is 11.6 Å². The molecule has 2 aliphatic rings. The van der Waals surface area contributed by atoms with Gasteiger partial charge < -0.3 is 9.80 Å². The summed E-state index contributed by atoms with van der Waals surface area (Å²) in [6.45, 7) is 9.94. The fourth-order valence-electron chi connectivity index (χ4n) is 4.49. The van der Waals surface area contributed by atoms with Crippen LogP contribution in [0.15, 0.2) is 12.1 Å². The zero-order chi connectivity index (χ0) is 19.7. The van der Waals surface area contributed by atoms with E-state index in [2.05, 4.69) is 26.9 Å². The summed E-state index contributed by atoms with van der Waals surface area (Å²) in [4.78, 5) is 18.8. The molecule has 2 aromatic rings. The average Bonchev–Trinajstić information content (AvgIpc) is 3.22. The molecular weight excluding hydrogens is 348 g/mol. The third kappa shape index (κ3) is 3.66. The van der Waals surface area contributed by atoms with E-state index in [4.69, 9.17) is 9.97 Å². The minimum absolute atomic E-state index is 0.339. The Bertz CT molecular complexity index is 910. The van der Waals surface area contributed by atoms with E-state index in [1.807, 2.05) is 26.8 Å². The van der Waals surface area contributed by atoms with Crippen molar-refractivity contribution >= 4 is 11.6 Å². The Morgan fingerprint density at radius 2 is 1.71 bits per heavy atom. The Labute approximate surface area is 167 Å². The van der Waals surface area contributed by atoms with E-state index in [1.165, 1.54) is 12.8 Å². The second-order valence-corrected chi connectivity index (χ2v) is 8.07. The molecule has 6 nitrogen and oxygen atoms in total. The molecule has 1 atom stereocenters. The summed E-state index contributed by atoms with van der Waals surface area (Å²) in [5.74, 6) is 3.08. The van der Waals surface area contributed by atoms with Crippen LogP contribution < -0.4 is 9.80 Å². The lowest BCUT2D eigenvalue weighted by molar-refractivity contribution is 0.496. The average molecular weight is 377 g/mol. The Hall–Kier alpha value is -2.68. The molecule has 0 unspecified atom stereocenters. The highest BCUT2D eigenvalue weighted by atomic mass is 15.2. The maximum Gasteiger partial charge on any atom is 0.147 e. The predicted molar refractivity (Wildman–Crippen MR) is 111 cm³/mol. The van der Waals surface area contributed by atoms with Crippen molar-refractivity contribution in [2.24, 2.45) is 0 Å². The van der Waals surface area contributed by atoms with Crippen LogP contribution in [-0.2, 0) is 0 Å². The molecule has 0 N–H and O–H groups in total. The minimum atomic E-state index is 0.339. The Morgan fingerprint density at radius 3 is 2.46 bits per heavy atom. The number of nitriles is 1. The van der Waals surface area contributed by atoms with Crippen LogP contribution in [0.1, 0.15) is 59.9 Å². The molecule has 0 bridgehead atoms. The van der Waals surface area contributed by atoms with E-state index in [9.17, 15) is 5.26 Å². The largest absolute Gasteiger partial charge is 0.357 e. The van der Waals surface area contributed by atoms with Gasteiger partial charge in [-0.25, -0.2) is 15.0 Å². The summed E-state index contributed by atoms with van der Waals surface area (Å²) in [5.41, 5.74) is 3.79. The van der Waals surface area contributed by atoms with Gasteiger partial charge in [-0.05, 0) is 58.1 Å². The number of hydrogen-bond acceptors (Lipinski definition) is 6. The molecule has 0 aliphatic carbocycles. The molecule has 2 aromatic heterocycles. The maximum absolute atomic E-state index is 9.65. The number of aryl methyl sites for hydroxylation is 3. The van der Waals surface area contributed by atoms with Crippen molar-refractivity contribution in [2.45, 2.75) is 52.4 Å². The fraction of sp³-hybridized carbons (Fsp3) is 0.545. The van der Waals surface area contributed by atoms with E-state index < -0.39 is 0 Å². The first-order valence-electron chi connectivity index (χ1n) is 10.3. The second-order valence-electron chi connectivity index (χ2n) is 8.07. The Kier molecular flexibility index (Phi) is 5.17. The maximum atomic E-state index is 9.65. The molecule has 2 aliphatic heterocycles. The van der Waals surface area contributed by atoms with Crippen LogP contribution in [-0.4, -0.2) is 41.1 Å². The topological polar surface area (TPSA) is 68.9 Å². The van der Waals surface area contributed by atoms with Crippen LogP contribution in [0, 0.1) is 32.1 Å². The van der Waals surface area contributed by atoms with Gasteiger partial charge in [0.05, 0.1) is 11.3 Å². The van der Waals surface area contributed by atoms with Crippen molar-refractivity contribution in [1.29, 1.82) is 5.26 Å². The minimum Gasteiger partial charge on any atom is -0.357 e. The molecule has 0 saturated carbocycles. The molecule has 4 heterocycles. The lowest BCUT2D eigenvalue weighted by Gasteiger charge is -2.34. The van der Waals surface area contributed by atoms with E-state index >= 15 is 0 Å². The van der Waals surface area contributed by atoms with Gasteiger partial charge in [0.15, 0.2) is 0 Å². The number of rotatable bonds is 3. The van der Waals surface area contributed by atoms with E-state index in [0.717, 1.165) is 73.4 Å². The highest BCUT2D eigenvalue weighted by molar-refractivity contribution is 5.58. The van der Waals surface area contributed by atoms with E-state index in [1.54, 1.807) is 0 Å². The third-order valence-corrected chi connectivity index (χ3v) is 5.85. The van der Waals surface area contributed by atoms with Gasteiger partial charge in [0, 0.05) is 43.9 Å². The van der Waals surface area contributed by atoms with Crippen LogP contribution in [0.5, 0.6) is 0 Å². The Morgan fingerprint density at radius 1 is 0.964 bits per heavy atom. The molecule has 0 amide bonds. The van der Waals surface area contributed by atoms with E-state index in [0.29, 0.717) is 11.5 Å². The van der Waals surface area contributed by atoms with Crippen LogP contribution >= 0.6 is 0 Å². The summed E-state index contributed by atoms with van der Waals surface area (Å²) in [7, 11) is 0. The van der Waals surface area contributed by atoms with Crippen molar-refractivity contribution in [3.05, 3.63) is 40.5 Å². The van der Waals surface area contributed by atoms with Crippen molar-refractivity contribution in [2.75, 3.05) is 36.0 Å². The van der Waals surface area contributed by atoms with Gasteiger partial charge in [0.25, 0.3) is 0 Å². The number of hydrogen-bond donors (Lipinski definition) is 0. The first kappa shape index (κ1) is 18.7. The first-order valence-corrected chi connectivity index (χ1v) is 10.3. The molecule has 0 aromatic carbocycles. The van der Waals surface area contributed by atoms with Crippen molar-refractivity contribution < 1.29 is 0 Å². The van der Waals surface area contributed by atoms with Gasteiger partial charge in [0.1, 0.15) is 23.5 Å². The van der Waals surface area contributed by atoms with Crippen molar-refractivity contribution in [1.82, 2.24) is 15.0 Å². The predicted octanol–water partition coefficient (Wildman–Crippen LogP) is 3.65. The molecule has 28 heavy (non-hydrogen) atoms. The molecule has 2 fully saturated rings. The normalized spacial score (nSPS) is 19.7. The Balaban J connectivity index is 1.62. The smallest absolute Gasteiger partial charge is 0.147 e. The quantitative estimate of drug-likeness (QED) is 0.814. The monoisotopic (exact) mass is 376 g/mol. The SMILES string of the molecule is Cc1cc(C)c(C#N)c(N2CCC[C@H](c3cc(N4CCCC4)nc(C)n3)C2)n1. The standard InChI is InChI=1S/C22H28N6/c1-15-11-16(2)24-22(19(15)13-23)28-10-6-7-18(14-28)20-12-21(26-17(3)25-20)27-8-4-5-9-27/h11-12,18H,4-10,14H2,1-3H3/t18-/m0/s1. The van der Waals surface area contributed by atoms with E-state index in [-0.39, 0.29) is 0 Å². The highest BCUT2D eigenvalue weighted by Crippen LogP contribution is 2.32. The number of anilines is 2. The molecule has 4 rings (SSSR count). The molecule has 146 valence electrons. The molecular formula is C22H28N6. The molecule has 2 saturated heterocycles.